The first-order chi connectivity index (χ1) is 9.19. The number of fused-ring (bicyclic) bond motifs is 1. The topological polar surface area (TPSA) is 56.6 Å². The monoisotopic (exact) mass is 330 g/mol. The number of thiophene rings is 1. The molecule has 19 heavy (non-hydrogen) atoms. The number of halogens is 1. The number of ketones is 1. The van der Waals surface area contributed by atoms with Crippen molar-refractivity contribution >= 4 is 44.0 Å². The summed E-state index contributed by atoms with van der Waals surface area (Å²) in [5.74, 6) is -0.0386. The van der Waals surface area contributed by atoms with Crippen molar-refractivity contribution < 1.29 is 4.79 Å². The van der Waals surface area contributed by atoms with Crippen molar-refractivity contribution in [3.05, 3.63) is 56.3 Å². The number of benzene rings is 1. The molecule has 0 unspecified atom stereocenters. The lowest BCUT2D eigenvalue weighted by Gasteiger charge is -1.97. The van der Waals surface area contributed by atoms with Crippen LogP contribution in [0.15, 0.2) is 39.6 Å². The van der Waals surface area contributed by atoms with Crippen LogP contribution in [0, 0.1) is 11.3 Å². The lowest BCUT2D eigenvalue weighted by atomic mass is 10.0. The summed E-state index contributed by atoms with van der Waals surface area (Å²) in [4.78, 5) is 15.5. The molecule has 5 heteroatoms. The van der Waals surface area contributed by atoms with Gasteiger partial charge in [0.1, 0.15) is 0 Å². The largest absolute Gasteiger partial charge is 0.360 e. The molecule has 0 aliphatic carbocycles. The molecule has 2 heterocycles. The van der Waals surface area contributed by atoms with E-state index in [2.05, 4.69) is 27.0 Å². The van der Waals surface area contributed by atoms with Crippen LogP contribution in [0.1, 0.15) is 21.5 Å². The van der Waals surface area contributed by atoms with Gasteiger partial charge in [-0.05, 0) is 40.2 Å². The van der Waals surface area contributed by atoms with Gasteiger partial charge in [-0.25, -0.2) is 0 Å². The van der Waals surface area contributed by atoms with Gasteiger partial charge in [-0.1, -0.05) is 0 Å². The third-order valence-corrected chi connectivity index (χ3v) is 4.39. The summed E-state index contributed by atoms with van der Waals surface area (Å²) in [6.45, 7) is 0. The molecule has 0 aliphatic heterocycles. The predicted molar refractivity (Wildman–Crippen MR) is 78.5 cm³/mol. The number of aromatic nitrogens is 1. The van der Waals surface area contributed by atoms with Crippen LogP contribution < -0.4 is 0 Å². The third kappa shape index (κ3) is 2.09. The highest BCUT2D eigenvalue weighted by Crippen LogP contribution is 2.26. The van der Waals surface area contributed by atoms with E-state index in [1.54, 1.807) is 24.4 Å². The Morgan fingerprint density at radius 2 is 2.21 bits per heavy atom. The summed E-state index contributed by atoms with van der Waals surface area (Å²) in [7, 11) is 0. The second-order valence-electron chi connectivity index (χ2n) is 4.04. The Labute approximate surface area is 121 Å². The summed E-state index contributed by atoms with van der Waals surface area (Å²) < 4.78 is 0.924. The van der Waals surface area contributed by atoms with Crippen LogP contribution in [-0.2, 0) is 0 Å². The zero-order chi connectivity index (χ0) is 13.4. The van der Waals surface area contributed by atoms with E-state index >= 15 is 0 Å². The third-order valence-electron chi connectivity index (χ3n) is 2.89. The van der Waals surface area contributed by atoms with Gasteiger partial charge < -0.3 is 4.98 Å². The van der Waals surface area contributed by atoms with Crippen molar-refractivity contribution in [1.82, 2.24) is 4.98 Å². The van der Waals surface area contributed by atoms with Crippen LogP contribution >= 0.6 is 27.3 Å². The predicted octanol–water partition coefficient (Wildman–Crippen LogP) is 4.09. The summed E-state index contributed by atoms with van der Waals surface area (Å²) in [5, 5.41) is 11.5. The van der Waals surface area contributed by atoms with Gasteiger partial charge in [0.2, 0.25) is 0 Å². The molecule has 0 fully saturated rings. The maximum atomic E-state index is 12.4. The molecule has 0 spiro atoms. The molecule has 3 nitrogen and oxygen atoms in total. The molecule has 2 aromatic heterocycles. The second-order valence-corrected chi connectivity index (χ2v) is 6.33. The highest BCUT2D eigenvalue weighted by Gasteiger charge is 2.15. The number of aromatic amines is 1. The van der Waals surface area contributed by atoms with Crippen molar-refractivity contribution in [2.45, 2.75) is 0 Å². The van der Waals surface area contributed by atoms with Gasteiger partial charge in [0, 0.05) is 33.6 Å². The molecule has 0 bridgehead atoms. The molecule has 0 saturated carbocycles. The quantitative estimate of drug-likeness (QED) is 0.719. The fourth-order valence-corrected chi connectivity index (χ4v) is 3.10. The first-order valence-corrected chi connectivity index (χ1v) is 7.16. The summed E-state index contributed by atoms with van der Waals surface area (Å²) in [6.07, 6.45) is 1.69. The Hall–Kier alpha value is -1.90. The van der Waals surface area contributed by atoms with E-state index in [4.69, 9.17) is 5.26 Å². The summed E-state index contributed by atoms with van der Waals surface area (Å²) in [6, 6.07) is 9.17. The number of nitriles is 1. The van der Waals surface area contributed by atoms with Gasteiger partial charge in [-0.15, -0.1) is 11.3 Å². The van der Waals surface area contributed by atoms with Crippen molar-refractivity contribution in [2.24, 2.45) is 0 Å². The number of rotatable bonds is 2. The number of nitrogens with one attached hydrogen (secondary N) is 1. The van der Waals surface area contributed by atoms with E-state index in [9.17, 15) is 4.79 Å². The van der Waals surface area contributed by atoms with Gasteiger partial charge in [0.25, 0.3) is 0 Å². The molecule has 0 saturated heterocycles. The highest BCUT2D eigenvalue weighted by atomic mass is 79.9. The molecule has 0 atom stereocenters. The van der Waals surface area contributed by atoms with Crippen LogP contribution in [0.5, 0.6) is 0 Å². The van der Waals surface area contributed by atoms with Gasteiger partial charge in [0.15, 0.2) is 5.78 Å². The molecular weight excluding hydrogens is 324 g/mol. The van der Waals surface area contributed by atoms with Gasteiger partial charge >= 0.3 is 0 Å². The van der Waals surface area contributed by atoms with Crippen molar-refractivity contribution in [1.29, 1.82) is 5.26 Å². The van der Waals surface area contributed by atoms with E-state index in [1.807, 2.05) is 11.4 Å². The minimum absolute atomic E-state index is 0.0386. The fraction of sp³-hybridized carbons (Fsp3) is 0. The molecule has 0 aliphatic rings. The van der Waals surface area contributed by atoms with Crippen molar-refractivity contribution in [3.63, 3.8) is 0 Å². The van der Waals surface area contributed by atoms with Crippen LogP contribution in [0.2, 0.25) is 0 Å². The summed E-state index contributed by atoms with van der Waals surface area (Å²) in [5.41, 5.74) is 2.65. The number of carbonyl (C=O) groups excluding carboxylic acids is 1. The zero-order valence-electron chi connectivity index (χ0n) is 9.61. The average molecular weight is 331 g/mol. The first-order valence-electron chi connectivity index (χ1n) is 5.49. The number of H-pyrrole nitrogens is 1. The van der Waals surface area contributed by atoms with Gasteiger partial charge in [-0.2, -0.15) is 5.26 Å². The Morgan fingerprint density at radius 1 is 1.37 bits per heavy atom. The SMILES string of the molecule is N#Cc1ccc2[nH]cc(C(=O)c3csc(Br)c3)c2c1. The minimum Gasteiger partial charge on any atom is -0.360 e. The molecular formula is C14H7BrN2OS. The number of nitrogens with zero attached hydrogens (tertiary/aromatic N) is 1. The van der Waals surface area contributed by atoms with E-state index in [0.717, 1.165) is 14.7 Å². The fourth-order valence-electron chi connectivity index (χ4n) is 1.96. The smallest absolute Gasteiger partial charge is 0.196 e. The van der Waals surface area contributed by atoms with Crippen LogP contribution in [0.4, 0.5) is 0 Å². The van der Waals surface area contributed by atoms with E-state index in [0.29, 0.717) is 16.7 Å². The molecule has 1 N–H and O–H groups in total. The van der Waals surface area contributed by atoms with Crippen LogP contribution in [-0.4, -0.2) is 10.8 Å². The molecule has 3 aromatic rings. The molecule has 0 amide bonds. The number of hydrogen-bond acceptors (Lipinski definition) is 3. The first kappa shape index (κ1) is 12.2. The number of hydrogen-bond donors (Lipinski definition) is 1. The Balaban J connectivity index is 2.15. The maximum absolute atomic E-state index is 12.4. The average Bonchev–Trinajstić information content (AvgIpc) is 3.03. The Bertz CT molecular complexity index is 825. The highest BCUT2D eigenvalue weighted by molar-refractivity contribution is 9.11. The normalized spacial score (nSPS) is 10.5. The molecule has 0 radical (unpaired) electrons. The number of carbonyl (C=O) groups is 1. The Morgan fingerprint density at radius 3 is 2.89 bits per heavy atom. The van der Waals surface area contributed by atoms with Gasteiger partial charge in [0.05, 0.1) is 15.4 Å². The lowest BCUT2D eigenvalue weighted by Crippen LogP contribution is -1.98. The van der Waals surface area contributed by atoms with Gasteiger partial charge in [-0.3, -0.25) is 4.79 Å². The lowest BCUT2D eigenvalue weighted by molar-refractivity contribution is 0.104. The van der Waals surface area contributed by atoms with E-state index in [1.165, 1.54) is 11.3 Å². The second kappa shape index (κ2) is 4.65. The van der Waals surface area contributed by atoms with Crippen molar-refractivity contribution in [3.8, 4) is 6.07 Å². The molecule has 1 aromatic carbocycles. The van der Waals surface area contributed by atoms with Crippen molar-refractivity contribution in [2.75, 3.05) is 0 Å². The van der Waals surface area contributed by atoms with Crippen LogP contribution in [0.25, 0.3) is 10.9 Å². The molecule has 92 valence electrons. The summed E-state index contributed by atoms with van der Waals surface area (Å²) >= 11 is 4.83. The minimum atomic E-state index is -0.0386. The molecule has 3 rings (SSSR count). The maximum Gasteiger partial charge on any atom is 0.196 e. The van der Waals surface area contributed by atoms with E-state index in [-0.39, 0.29) is 5.78 Å². The Kier molecular flexibility index (Phi) is 2.97. The zero-order valence-corrected chi connectivity index (χ0v) is 12.0. The standard InChI is InChI=1S/C14H7BrN2OS/c15-13-4-9(7-19-13)14(18)11-6-17-12-2-1-8(5-16)3-10(11)12/h1-4,6-7,17H. The van der Waals surface area contributed by atoms with Crippen LogP contribution in [0.3, 0.4) is 0 Å². The van der Waals surface area contributed by atoms with E-state index < -0.39 is 0 Å².